The van der Waals surface area contributed by atoms with Crippen LogP contribution in [-0.4, -0.2) is 34.3 Å². The summed E-state index contributed by atoms with van der Waals surface area (Å²) in [6, 6.07) is 9.35. The molecule has 3 rings (SSSR count). The fourth-order valence-electron chi connectivity index (χ4n) is 2.86. The second-order valence-electron chi connectivity index (χ2n) is 5.92. The van der Waals surface area contributed by atoms with E-state index < -0.39 is 0 Å². The molecule has 24 heavy (non-hydrogen) atoms. The first-order valence-electron chi connectivity index (χ1n) is 7.77. The molecule has 1 aromatic heterocycles. The van der Waals surface area contributed by atoms with E-state index in [0.717, 1.165) is 5.56 Å². The number of carbonyl (C=O) groups is 2. The van der Waals surface area contributed by atoms with Crippen molar-refractivity contribution < 1.29 is 14.0 Å². The van der Waals surface area contributed by atoms with Crippen molar-refractivity contribution in [3.8, 4) is 0 Å². The maximum atomic E-state index is 13.2. The highest BCUT2D eigenvalue weighted by Gasteiger charge is 2.31. The van der Waals surface area contributed by atoms with Crippen molar-refractivity contribution in [2.45, 2.75) is 25.9 Å². The fourth-order valence-corrected chi connectivity index (χ4v) is 2.86. The monoisotopic (exact) mass is 327 g/mol. The SMILES string of the molecule is Cc1ncccc1C(=O)NC1CC(=O)N(Cc2cccc(F)c2)C1. The van der Waals surface area contributed by atoms with Gasteiger partial charge in [0.2, 0.25) is 5.91 Å². The molecule has 1 atom stereocenters. The fraction of sp³-hybridized carbons (Fsp3) is 0.278. The number of nitrogens with one attached hydrogen (secondary N) is 1. The minimum atomic E-state index is -0.323. The van der Waals surface area contributed by atoms with Gasteiger partial charge in [-0.05, 0) is 36.8 Å². The van der Waals surface area contributed by atoms with Crippen molar-refractivity contribution in [3.63, 3.8) is 0 Å². The van der Waals surface area contributed by atoms with Crippen LogP contribution >= 0.6 is 0 Å². The van der Waals surface area contributed by atoms with Crippen LogP contribution in [0.1, 0.15) is 28.0 Å². The minimum absolute atomic E-state index is 0.0486. The molecule has 5 nitrogen and oxygen atoms in total. The van der Waals surface area contributed by atoms with E-state index in [0.29, 0.717) is 24.3 Å². The third-order valence-corrected chi connectivity index (χ3v) is 4.06. The Kier molecular flexibility index (Phi) is 4.55. The van der Waals surface area contributed by atoms with Gasteiger partial charge in [0, 0.05) is 31.4 Å². The van der Waals surface area contributed by atoms with Crippen LogP contribution in [0.2, 0.25) is 0 Å². The maximum Gasteiger partial charge on any atom is 0.253 e. The van der Waals surface area contributed by atoms with Gasteiger partial charge < -0.3 is 10.2 Å². The smallest absolute Gasteiger partial charge is 0.253 e. The van der Waals surface area contributed by atoms with Crippen molar-refractivity contribution in [1.82, 2.24) is 15.2 Å². The third kappa shape index (κ3) is 3.59. The Bertz CT molecular complexity index is 778. The largest absolute Gasteiger partial charge is 0.347 e. The zero-order valence-electron chi connectivity index (χ0n) is 13.3. The number of benzene rings is 1. The lowest BCUT2D eigenvalue weighted by molar-refractivity contribution is -0.128. The summed E-state index contributed by atoms with van der Waals surface area (Å²) in [7, 11) is 0. The number of nitrogens with zero attached hydrogens (tertiary/aromatic N) is 2. The summed E-state index contributed by atoms with van der Waals surface area (Å²) >= 11 is 0. The van der Waals surface area contributed by atoms with Crippen LogP contribution in [-0.2, 0) is 11.3 Å². The van der Waals surface area contributed by atoms with Crippen molar-refractivity contribution >= 4 is 11.8 Å². The van der Waals surface area contributed by atoms with Crippen molar-refractivity contribution in [2.75, 3.05) is 6.54 Å². The molecule has 6 heteroatoms. The molecule has 2 heterocycles. The van der Waals surface area contributed by atoms with Crippen molar-refractivity contribution in [1.29, 1.82) is 0 Å². The number of hydrogen-bond acceptors (Lipinski definition) is 3. The van der Waals surface area contributed by atoms with Gasteiger partial charge >= 0.3 is 0 Å². The summed E-state index contributed by atoms with van der Waals surface area (Å²) in [5, 5.41) is 2.88. The number of carbonyl (C=O) groups excluding carboxylic acids is 2. The molecular formula is C18H18FN3O2. The maximum absolute atomic E-state index is 13.2. The second kappa shape index (κ2) is 6.78. The Morgan fingerprint density at radius 2 is 2.21 bits per heavy atom. The lowest BCUT2D eigenvalue weighted by Crippen LogP contribution is -2.37. The van der Waals surface area contributed by atoms with Crippen LogP contribution in [0, 0.1) is 12.7 Å². The normalized spacial score (nSPS) is 17.2. The van der Waals surface area contributed by atoms with Crippen LogP contribution in [0.25, 0.3) is 0 Å². The molecule has 1 unspecified atom stereocenters. The Balaban J connectivity index is 1.62. The molecule has 1 N–H and O–H groups in total. The van der Waals surface area contributed by atoms with Gasteiger partial charge in [-0.1, -0.05) is 12.1 Å². The standard InChI is InChI=1S/C18H18FN3O2/c1-12-16(6-3-7-20-12)18(24)21-15-9-17(23)22(11-15)10-13-4-2-5-14(19)8-13/h2-8,15H,9-11H2,1H3,(H,21,24). The molecule has 0 saturated carbocycles. The molecule has 2 amide bonds. The van der Waals surface area contributed by atoms with Crippen LogP contribution in [0.4, 0.5) is 4.39 Å². The summed E-state index contributed by atoms with van der Waals surface area (Å²) < 4.78 is 13.2. The van der Waals surface area contributed by atoms with Crippen LogP contribution in [0.3, 0.4) is 0 Å². The van der Waals surface area contributed by atoms with Gasteiger partial charge in [0.05, 0.1) is 11.6 Å². The van der Waals surface area contributed by atoms with Gasteiger partial charge in [0.15, 0.2) is 0 Å². The van der Waals surface area contributed by atoms with E-state index in [1.807, 2.05) is 0 Å². The van der Waals surface area contributed by atoms with Gasteiger partial charge in [-0.25, -0.2) is 4.39 Å². The number of halogens is 1. The molecular weight excluding hydrogens is 309 g/mol. The molecule has 1 saturated heterocycles. The number of amides is 2. The van der Waals surface area contributed by atoms with Crippen molar-refractivity contribution in [2.24, 2.45) is 0 Å². The Morgan fingerprint density at radius 1 is 1.38 bits per heavy atom. The molecule has 1 aromatic carbocycles. The predicted molar refractivity (Wildman–Crippen MR) is 86.7 cm³/mol. The van der Waals surface area contributed by atoms with Gasteiger partial charge in [0.1, 0.15) is 5.82 Å². The predicted octanol–water partition coefficient (Wildman–Crippen LogP) is 2.06. The summed E-state index contributed by atoms with van der Waals surface area (Å²) in [6.45, 7) is 2.53. The second-order valence-corrected chi connectivity index (χ2v) is 5.92. The number of rotatable bonds is 4. The van der Waals surface area contributed by atoms with Crippen LogP contribution in [0.15, 0.2) is 42.6 Å². The first-order chi connectivity index (χ1) is 11.5. The van der Waals surface area contributed by atoms with Crippen molar-refractivity contribution in [3.05, 3.63) is 65.2 Å². The molecule has 0 bridgehead atoms. The van der Waals surface area contributed by atoms with Crippen LogP contribution < -0.4 is 5.32 Å². The summed E-state index contributed by atoms with van der Waals surface area (Å²) in [6.07, 6.45) is 1.88. The Labute approximate surface area is 139 Å². The highest BCUT2D eigenvalue weighted by atomic mass is 19.1. The van der Waals surface area contributed by atoms with Gasteiger partial charge in [-0.2, -0.15) is 0 Å². The molecule has 1 aliphatic rings. The average molecular weight is 327 g/mol. The summed E-state index contributed by atoms with van der Waals surface area (Å²) in [5.74, 6) is -0.602. The molecule has 0 radical (unpaired) electrons. The third-order valence-electron chi connectivity index (χ3n) is 4.06. The lowest BCUT2D eigenvalue weighted by Gasteiger charge is -2.17. The Hall–Kier alpha value is -2.76. The van der Waals surface area contributed by atoms with E-state index in [2.05, 4.69) is 10.3 Å². The van der Waals surface area contributed by atoms with E-state index in [4.69, 9.17) is 0 Å². The first-order valence-corrected chi connectivity index (χ1v) is 7.77. The molecule has 124 valence electrons. The van der Waals surface area contributed by atoms with Crippen LogP contribution in [0.5, 0.6) is 0 Å². The molecule has 1 aliphatic heterocycles. The zero-order chi connectivity index (χ0) is 17.1. The quantitative estimate of drug-likeness (QED) is 0.935. The summed E-state index contributed by atoms with van der Waals surface area (Å²) in [4.78, 5) is 30.2. The van der Waals surface area contributed by atoms with Gasteiger partial charge in [0.25, 0.3) is 5.91 Å². The first kappa shape index (κ1) is 16.1. The molecule has 0 aliphatic carbocycles. The van der Waals surface area contributed by atoms with E-state index in [9.17, 15) is 14.0 Å². The average Bonchev–Trinajstić information content (AvgIpc) is 2.87. The van der Waals surface area contributed by atoms with E-state index in [1.165, 1.54) is 12.1 Å². The number of hydrogen-bond donors (Lipinski definition) is 1. The number of likely N-dealkylation sites (tertiary alicyclic amines) is 1. The highest BCUT2D eigenvalue weighted by Crippen LogP contribution is 2.16. The Morgan fingerprint density at radius 3 is 2.96 bits per heavy atom. The topological polar surface area (TPSA) is 62.3 Å². The van der Waals surface area contributed by atoms with E-state index in [-0.39, 0.29) is 30.1 Å². The number of pyridine rings is 1. The lowest BCUT2D eigenvalue weighted by atomic mass is 10.1. The van der Waals surface area contributed by atoms with Gasteiger partial charge in [-0.15, -0.1) is 0 Å². The number of aryl methyl sites for hydroxylation is 1. The molecule has 1 fully saturated rings. The molecule has 0 spiro atoms. The van der Waals surface area contributed by atoms with E-state index in [1.54, 1.807) is 42.3 Å². The number of aromatic nitrogens is 1. The highest BCUT2D eigenvalue weighted by molar-refractivity contribution is 5.96. The van der Waals surface area contributed by atoms with E-state index >= 15 is 0 Å². The van der Waals surface area contributed by atoms with Gasteiger partial charge in [-0.3, -0.25) is 14.6 Å². The zero-order valence-corrected chi connectivity index (χ0v) is 13.3. The molecule has 2 aromatic rings. The summed E-state index contributed by atoms with van der Waals surface area (Å²) in [5.41, 5.74) is 1.89. The minimum Gasteiger partial charge on any atom is -0.347 e.